The van der Waals surface area contributed by atoms with Crippen molar-refractivity contribution >= 4 is 46.1 Å². The molecular formula is C28H32Cl2N2O10. The van der Waals surface area contributed by atoms with Gasteiger partial charge in [0.05, 0.1) is 76.9 Å². The molecule has 0 fully saturated rings. The van der Waals surface area contributed by atoms with Crippen LogP contribution < -0.4 is 18.9 Å². The Morgan fingerprint density at radius 3 is 1.40 bits per heavy atom. The first-order valence-corrected chi connectivity index (χ1v) is 13.7. The average molecular weight is 627 g/mol. The number of allylic oxidation sites excluding steroid dienone is 1. The molecule has 0 heterocycles. The first-order valence-electron chi connectivity index (χ1n) is 12.8. The van der Waals surface area contributed by atoms with E-state index in [1.165, 1.54) is 38.5 Å². The molecule has 2 aromatic rings. The predicted molar refractivity (Wildman–Crippen MR) is 156 cm³/mol. The minimum atomic E-state index is -0.628. The molecule has 0 aliphatic carbocycles. The molecule has 0 radical (unpaired) electrons. The number of carbonyl (C=O) groups excluding carboxylic acids is 2. The minimum absolute atomic E-state index is 0.0274. The Balaban J connectivity index is 1.88. The highest BCUT2D eigenvalue weighted by atomic mass is 35.5. The molecule has 2 atom stereocenters. The predicted octanol–water partition coefficient (Wildman–Crippen LogP) is 6.83. The maximum atomic E-state index is 12.5. The molecule has 0 aliphatic rings. The van der Waals surface area contributed by atoms with E-state index in [-0.39, 0.29) is 90.0 Å². The number of nitrogens with zero attached hydrogens (tertiary/aromatic N) is 2. The van der Waals surface area contributed by atoms with Crippen LogP contribution in [0.3, 0.4) is 0 Å². The molecule has 0 bridgehead atoms. The summed E-state index contributed by atoms with van der Waals surface area (Å²) in [5, 5.41) is 21.6. The third-order valence-corrected chi connectivity index (χ3v) is 6.63. The number of nitro groups is 2. The quantitative estimate of drug-likeness (QED) is 0.0326. The van der Waals surface area contributed by atoms with E-state index in [4.69, 9.17) is 42.1 Å². The largest absolute Gasteiger partial charge is 0.493 e. The summed E-state index contributed by atoms with van der Waals surface area (Å²) in [4.78, 5) is 46.7. The van der Waals surface area contributed by atoms with Gasteiger partial charge < -0.3 is 18.9 Å². The van der Waals surface area contributed by atoms with E-state index in [0.29, 0.717) is 0 Å². The summed E-state index contributed by atoms with van der Waals surface area (Å²) in [5.41, 5.74) is -0.0461. The number of carbonyl (C=O) groups is 2. The highest BCUT2D eigenvalue weighted by molar-refractivity contribution is 6.21. The standard InChI is InChI=1S/C28H32Cl2N2O10/c1-16(23(33)8-6-10-41-27-14-21(31(35)36)19(17(2)29)12-25(27)39-4)24(34)9-7-11-42-28-15-22(32(37)38)20(18(3)30)13-26(28)40-5/h12-15,17-18H,1,6-11H2,2-5H3. The number of hydrogen-bond donors (Lipinski definition) is 0. The lowest BCUT2D eigenvalue weighted by atomic mass is 10.0. The van der Waals surface area contributed by atoms with Crippen molar-refractivity contribution in [2.24, 2.45) is 0 Å². The molecule has 2 aromatic carbocycles. The highest BCUT2D eigenvalue weighted by Crippen LogP contribution is 2.40. The Morgan fingerprint density at radius 1 is 0.762 bits per heavy atom. The molecule has 2 rings (SSSR count). The lowest BCUT2D eigenvalue weighted by Crippen LogP contribution is -2.14. The first kappa shape index (κ1) is 34.3. The van der Waals surface area contributed by atoms with Crippen LogP contribution in [-0.2, 0) is 9.59 Å². The van der Waals surface area contributed by atoms with Crippen LogP contribution in [0.25, 0.3) is 0 Å². The van der Waals surface area contributed by atoms with Gasteiger partial charge in [0.1, 0.15) is 0 Å². The number of Topliss-reactive ketones (excluding diaryl/α,β-unsaturated/α-hetero) is 2. The van der Waals surface area contributed by atoms with Crippen LogP contribution in [0, 0.1) is 20.2 Å². The summed E-state index contributed by atoms with van der Waals surface area (Å²) < 4.78 is 21.7. The zero-order chi connectivity index (χ0) is 31.6. The topological polar surface area (TPSA) is 157 Å². The Morgan fingerprint density at radius 2 is 1.12 bits per heavy atom. The fraction of sp³-hybridized carbons (Fsp3) is 0.429. The van der Waals surface area contributed by atoms with Crippen LogP contribution >= 0.6 is 23.2 Å². The highest BCUT2D eigenvalue weighted by Gasteiger charge is 2.24. The monoisotopic (exact) mass is 626 g/mol. The van der Waals surface area contributed by atoms with Gasteiger partial charge in [0, 0.05) is 12.8 Å². The third-order valence-electron chi connectivity index (χ3n) is 6.16. The molecule has 42 heavy (non-hydrogen) atoms. The second kappa shape index (κ2) is 15.9. The number of halogens is 2. The summed E-state index contributed by atoms with van der Waals surface area (Å²) in [7, 11) is 2.78. The van der Waals surface area contributed by atoms with Crippen molar-refractivity contribution < 1.29 is 38.4 Å². The number of ketones is 2. The number of alkyl halides is 2. The number of nitro benzene ring substituents is 2. The van der Waals surface area contributed by atoms with Crippen molar-refractivity contribution in [3.8, 4) is 23.0 Å². The zero-order valence-corrected chi connectivity index (χ0v) is 25.2. The van der Waals surface area contributed by atoms with Crippen LogP contribution in [0.15, 0.2) is 36.4 Å². The molecule has 12 nitrogen and oxygen atoms in total. The molecule has 0 N–H and O–H groups in total. The molecule has 14 heteroatoms. The number of ether oxygens (including phenoxy) is 4. The molecule has 2 unspecified atom stereocenters. The SMILES string of the molecule is C=C(C(=O)CCCOc1cc([N+](=O)[O-])c(C(C)Cl)cc1OC)C(=O)CCCOc1cc([N+](=O)[O-])c(C(C)Cl)cc1OC. The van der Waals surface area contributed by atoms with Crippen molar-refractivity contribution in [2.45, 2.75) is 50.3 Å². The number of benzene rings is 2. The Hall–Kier alpha value is -3.90. The van der Waals surface area contributed by atoms with E-state index in [2.05, 4.69) is 6.58 Å². The summed E-state index contributed by atoms with van der Waals surface area (Å²) in [6, 6.07) is 5.32. The molecular weight excluding hydrogens is 595 g/mol. The molecule has 0 saturated carbocycles. The molecule has 0 spiro atoms. The van der Waals surface area contributed by atoms with Crippen LogP contribution in [0.2, 0.25) is 0 Å². The van der Waals surface area contributed by atoms with Gasteiger partial charge in [-0.25, -0.2) is 0 Å². The lowest BCUT2D eigenvalue weighted by Gasteiger charge is -2.14. The number of rotatable bonds is 18. The molecule has 0 aromatic heterocycles. The van der Waals surface area contributed by atoms with Crippen molar-refractivity contribution in [1.29, 1.82) is 0 Å². The molecule has 228 valence electrons. The van der Waals surface area contributed by atoms with Crippen molar-refractivity contribution in [2.75, 3.05) is 27.4 Å². The lowest BCUT2D eigenvalue weighted by molar-refractivity contribution is -0.385. The van der Waals surface area contributed by atoms with Crippen LogP contribution in [-0.4, -0.2) is 48.8 Å². The summed E-state index contributed by atoms with van der Waals surface area (Å²) in [5.74, 6) is -0.155. The normalized spacial score (nSPS) is 12.1. The number of methoxy groups -OCH3 is 2. The Labute approximate surface area is 252 Å². The van der Waals surface area contributed by atoms with E-state index in [1.807, 2.05) is 0 Å². The van der Waals surface area contributed by atoms with Crippen LogP contribution in [0.5, 0.6) is 23.0 Å². The summed E-state index contributed by atoms with van der Waals surface area (Å²) in [6.07, 6.45) is 0.367. The van der Waals surface area contributed by atoms with Gasteiger partial charge in [0.15, 0.2) is 34.6 Å². The van der Waals surface area contributed by atoms with Crippen molar-refractivity contribution in [3.63, 3.8) is 0 Å². The number of hydrogen-bond acceptors (Lipinski definition) is 10. The third kappa shape index (κ3) is 9.05. The Kier molecular flexibility index (Phi) is 13.0. The first-order chi connectivity index (χ1) is 19.8. The molecule has 0 aliphatic heterocycles. The van der Waals surface area contributed by atoms with Gasteiger partial charge in [-0.15, -0.1) is 23.2 Å². The van der Waals surface area contributed by atoms with E-state index >= 15 is 0 Å². The Bertz CT molecular complexity index is 1240. The van der Waals surface area contributed by atoms with E-state index < -0.39 is 32.2 Å². The van der Waals surface area contributed by atoms with Gasteiger partial charge in [0.2, 0.25) is 0 Å². The smallest absolute Gasteiger partial charge is 0.278 e. The van der Waals surface area contributed by atoms with Gasteiger partial charge in [-0.1, -0.05) is 6.58 Å². The average Bonchev–Trinajstić information content (AvgIpc) is 2.95. The van der Waals surface area contributed by atoms with Crippen LogP contribution in [0.4, 0.5) is 11.4 Å². The summed E-state index contributed by atoms with van der Waals surface area (Å²) in [6.45, 7) is 6.86. The van der Waals surface area contributed by atoms with Gasteiger partial charge in [-0.2, -0.15) is 0 Å². The van der Waals surface area contributed by atoms with E-state index in [1.54, 1.807) is 13.8 Å². The van der Waals surface area contributed by atoms with Gasteiger partial charge in [0.25, 0.3) is 11.4 Å². The summed E-state index contributed by atoms with van der Waals surface area (Å²) >= 11 is 12.1. The second-order valence-electron chi connectivity index (χ2n) is 9.10. The minimum Gasteiger partial charge on any atom is -0.493 e. The van der Waals surface area contributed by atoms with Crippen molar-refractivity contribution in [1.82, 2.24) is 0 Å². The van der Waals surface area contributed by atoms with Gasteiger partial charge in [-0.05, 0) is 38.8 Å². The van der Waals surface area contributed by atoms with Gasteiger partial charge >= 0.3 is 0 Å². The van der Waals surface area contributed by atoms with E-state index in [9.17, 15) is 29.8 Å². The zero-order valence-electron chi connectivity index (χ0n) is 23.6. The maximum absolute atomic E-state index is 12.5. The maximum Gasteiger partial charge on any atom is 0.278 e. The fourth-order valence-corrected chi connectivity index (χ4v) is 4.26. The fourth-order valence-electron chi connectivity index (χ4n) is 3.91. The van der Waals surface area contributed by atoms with Crippen LogP contribution in [0.1, 0.15) is 61.4 Å². The van der Waals surface area contributed by atoms with Crippen molar-refractivity contribution in [3.05, 3.63) is 67.8 Å². The molecule has 0 amide bonds. The molecule has 0 saturated heterocycles. The van der Waals surface area contributed by atoms with E-state index in [0.717, 1.165) is 0 Å². The van der Waals surface area contributed by atoms with Gasteiger partial charge in [-0.3, -0.25) is 29.8 Å². The second-order valence-corrected chi connectivity index (χ2v) is 10.4.